The normalized spacial score (nSPS) is 11.8. The average molecular weight is 1450 g/mol. The van der Waals surface area contributed by atoms with Gasteiger partial charge < -0.3 is 9.11 Å². The van der Waals surface area contributed by atoms with Crippen molar-refractivity contribution in [3.8, 4) is 0 Å². The second-order valence-electron chi connectivity index (χ2n) is 28.4. The summed E-state index contributed by atoms with van der Waals surface area (Å²) in [6.45, 7) is 9.12. The van der Waals surface area contributed by atoms with E-state index in [1.54, 1.807) is 12.1 Å². The maximum atomic E-state index is 12.3. The molecule has 0 radical (unpaired) electrons. The predicted octanol–water partition coefficient (Wildman–Crippen LogP) is 27.2. The van der Waals surface area contributed by atoms with Crippen molar-refractivity contribution in [1.29, 1.82) is 0 Å². The van der Waals surface area contributed by atoms with Gasteiger partial charge in [-0.05, 0) is 107 Å². The van der Waals surface area contributed by atoms with E-state index in [4.69, 9.17) is 0 Å². The van der Waals surface area contributed by atoms with E-state index in [0.29, 0.717) is 10.8 Å². The van der Waals surface area contributed by atoms with Crippen LogP contribution in [0.2, 0.25) is 0 Å². The van der Waals surface area contributed by atoms with Gasteiger partial charge in [0.15, 0.2) is 0 Å². The van der Waals surface area contributed by atoms with Gasteiger partial charge in [0.25, 0.3) is 0 Å². The molecule has 0 N–H and O–H groups in total. The maximum absolute atomic E-state index is 12.3. The van der Waals surface area contributed by atoms with Crippen LogP contribution in [-0.4, -0.2) is 74.8 Å². The first-order valence-corrected chi connectivity index (χ1v) is 42.8. The Morgan fingerprint density at radius 3 is 0.581 bits per heavy atom. The van der Waals surface area contributed by atoms with Crippen molar-refractivity contribution >= 4 is 90.7 Å². The van der Waals surface area contributed by atoms with Crippen LogP contribution in [0.3, 0.4) is 0 Å². The van der Waals surface area contributed by atoms with Gasteiger partial charge in [0, 0.05) is 0 Å². The summed E-state index contributed by atoms with van der Waals surface area (Å²) in [6, 6.07) is 18.8. The molecule has 0 aliphatic carbocycles. The molecular weight excluding hydrogens is 1310 g/mol. The van der Waals surface area contributed by atoms with Gasteiger partial charge in [-0.25, -0.2) is 16.8 Å². The largest absolute Gasteiger partial charge is 2.00 e. The number of aryl methyl sites for hydroxylation is 4. The smallest absolute Gasteiger partial charge is 0.744 e. The molecule has 0 aromatic heterocycles. The van der Waals surface area contributed by atoms with Crippen molar-refractivity contribution in [2.75, 3.05) is 0 Å². The number of fused-ring (bicyclic) bond motifs is 2. The number of rotatable bonds is 62. The van der Waals surface area contributed by atoms with E-state index in [1.165, 1.54) is 345 Å². The van der Waals surface area contributed by atoms with Gasteiger partial charge in [0.05, 0.1) is 9.79 Å². The quantitative estimate of drug-likeness (QED) is 0.0247. The van der Waals surface area contributed by atoms with Crippen LogP contribution in [0, 0.1) is 0 Å². The van der Waals surface area contributed by atoms with Crippen molar-refractivity contribution in [2.24, 2.45) is 0 Å². The van der Waals surface area contributed by atoms with Crippen molar-refractivity contribution in [1.82, 2.24) is 0 Å². The minimum atomic E-state index is -4.53. The SMILES string of the molecule is CCCCCCCCCCCCCCCCc1cc(S(=O)(=O)[O-])c2ccccc2c1CCCCCCCCCCCCCCCC.CCCCCCCCCCCCCCCCc1cc(S(=O)(=O)[O-])c2ccccc2c1CCCCCCCCCCCCCCCC.[Ba+2]. The Morgan fingerprint density at radius 1 is 0.237 bits per heavy atom. The van der Waals surface area contributed by atoms with Crippen LogP contribution < -0.4 is 0 Å². The fourth-order valence-electron chi connectivity index (χ4n) is 14.4. The third-order valence-corrected chi connectivity index (χ3v) is 21.9. The predicted molar refractivity (Wildman–Crippen MR) is 406 cm³/mol. The first-order valence-electron chi connectivity index (χ1n) is 40.0. The molecule has 0 saturated carbocycles. The Hall–Kier alpha value is -1.21. The van der Waals surface area contributed by atoms with E-state index >= 15 is 0 Å². The molecule has 0 amide bonds. The molecule has 0 bridgehead atoms. The molecule has 0 aliphatic rings. The Bertz CT molecular complexity index is 2430. The van der Waals surface area contributed by atoms with E-state index in [9.17, 15) is 25.9 Å². The molecule has 4 rings (SSSR count). The van der Waals surface area contributed by atoms with E-state index in [-0.39, 0.29) is 58.7 Å². The molecule has 4 aromatic rings. The van der Waals surface area contributed by atoms with Crippen molar-refractivity contribution in [2.45, 2.75) is 423 Å². The molecule has 6 nitrogen and oxygen atoms in total. The summed E-state index contributed by atoms with van der Waals surface area (Å²) in [7, 11) is -9.05. The van der Waals surface area contributed by atoms with Gasteiger partial charge in [0.1, 0.15) is 20.2 Å². The van der Waals surface area contributed by atoms with Crippen LogP contribution in [-0.2, 0) is 45.9 Å². The summed E-state index contributed by atoms with van der Waals surface area (Å²) < 4.78 is 73.5. The first kappa shape index (κ1) is 87.9. The van der Waals surface area contributed by atoms with E-state index in [1.807, 2.05) is 48.5 Å². The number of hydrogen-bond donors (Lipinski definition) is 0. The zero-order valence-electron chi connectivity index (χ0n) is 61.2. The van der Waals surface area contributed by atoms with Crippen LogP contribution in [0.1, 0.15) is 410 Å². The summed E-state index contributed by atoms with van der Waals surface area (Å²) in [5, 5.41) is 3.13. The van der Waals surface area contributed by atoms with Gasteiger partial charge in [-0.1, -0.05) is 410 Å². The maximum Gasteiger partial charge on any atom is 2.00 e. The molecule has 9 heteroatoms. The van der Waals surface area contributed by atoms with Gasteiger partial charge in [-0.15, -0.1) is 0 Å². The number of benzene rings is 4. The minimum Gasteiger partial charge on any atom is -0.744 e. The molecule has 0 spiro atoms. The summed E-state index contributed by atoms with van der Waals surface area (Å²) in [5.74, 6) is 0. The molecule has 0 atom stereocenters. The Morgan fingerprint density at radius 2 is 0.398 bits per heavy atom. The molecule has 0 aliphatic heterocycles. The first-order chi connectivity index (χ1) is 45.0. The molecule has 0 unspecified atom stereocenters. The molecule has 4 aromatic carbocycles. The zero-order valence-corrected chi connectivity index (χ0v) is 67.2. The van der Waals surface area contributed by atoms with E-state index in [0.717, 1.165) is 73.3 Å². The van der Waals surface area contributed by atoms with E-state index in [2.05, 4.69) is 27.7 Å². The van der Waals surface area contributed by atoms with Crippen molar-refractivity contribution < 1.29 is 25.9 Å². The fraction of sp³-hybridized carbons (Fsp3) is 0.762. The van der Waals surface area contributed by atoms with Gasteiger partial charge in [0.2, 0.25) is 0 Å². The zero-order chi connectivity index (χ0) is 66.3. The number of hydrogen-bond acceptors (Lipinski definition) is 6. The Kier molecular flexibility index (Phi) is 56.4. The topological polar surface area (TPSA) is 114 Å². The molecule has 0 fully saturated rings. The molecule has 0 heterocycles. The minimum absolute atomic E-state index is 0. The van der Waals surface area contributed by atoms with Crippen LogP contribution in [0.25, 0.3) is 21.5 Å². The van der Waals surface area contributed by atoms with E-state index < -0.39 is 20.2 Å². The Labute approximate surface area is 616 Å². The second kappa shape index (κ2) is 59.6. The molecular formula is C84H142BaO6S2. The molecule has 528 valence electrons. The summed E-state index contributed by atoms with van der Waals surface area (Å²) in [5.41, 5.74) is 4.72. The second-order valence-corrected chi connectivity index (χ2v) is 31.1. The standard InChI is InChI=1S/2C42H72O3S.Ba/c2*1-3-5-7-9-11-13-15-17-19-21-23-25-27-29-33-38-37-42(46(43,44)45)41-36-32-31-35-40(41)39(38)34-30-28-26-24-22-20-18-16-14-12-10-8-6-4-2;/h2*31-32,35-37H,3-30,33-34H2,1-2H3,(H,43,44,45);/q;;+2/p-2. The summed E-state index contributed by atoms with van der Waals surface area (Å²) in [6.07, 6.45) is 78.3. The van der Waals surface area contributed by atoms with Gasteiger partial charge in [-0.3, -0.25) is 0 Å². The van der Waals surface area contributed by atoms with Crippen molar-refractivity contribution in [3.05, 3.63) is 82.9 Å². The third kappa shape index (κ3) is 43.2. The van der Waals surface area contributed by atoms with Crippen molar-refractivity contribution in [3.63, 3.8) is 0 Å². The van der Waals surface area contributed by atoms with Crippen LogP contribution in [0.5, 0.6) is 0 Å². The molecule has 0 saturated heterocycles. The van der Waals surface area contributed by atoms with Crippen LogP contribution in [0.15, 0.2) is 70.5 Å². The fourth-order valence-corrected chi connectivity index (χ4v) is 15.8. The molecule has 93 heavy (non-hydrogen) atoms. The average Bonchev–Trinajstić information content (AvgIpc) is 1.06. The summed E-state index contributed by atoms with van der Waals surface area (Å²) in [4.78, 5) is -0.0682. The third-order valence-electron chi connectivity index (χ3n) is 20.1. The van der Waals surface area contributed by atoms with Gasteiger partial charge in [-0.2, -0.15) is 0 Å². The summed E-state index contributed by atoms with van der Waals surface area (Å²) >= 11 is 0. The van der Waals surface area contributed by atoms with Crippen LogP contribution >= 0.6 is 0 Å². The van der Waals surface area contributed by atoms with Gasteiger partial charge >= 0.3 is 48.9 Å². The Balaban J connectivity index is 0.000000627. The van der Waals surface area contributed by atoms with Crippen LogP contribution in [0.4, 0.5) is 0 Å². The monoisotopic (exact) mass is 1450 g/mol. The number of unbranched alkanes of at least 4 members (excludes halogenated alkanes) is 52.